The third-order valence-electron chi connectivity index (χ3n) is 4.44. The van der Waals surface area contributed by atoms with Crippen LogP contribution in [0.1, 0.15) is 25.8 Å². The largest absolute Gasteiger partial charge is 0.477 e. The van der Waals surface area contributed by atoms with E-state index in [1.54, 1.807) is 18.6 Å². The summed E-state index contributed by atoms with van der Waals surface area (Å²) >= 11 is 0. The molecule has 2 aromatic heterocycles. The van der Waals surface area contributed by atoms with Crippen LogP contribution in [0.15, 0.2) is 41.8 Å². The fourth-order valence-electron chi connectivity index (χ4n) is 3.03. The van der Waals surface area contributed by atoms with Gasteiger partial charge in [-0.15, -0.1) is 24.0 Å². The molecule has 29 heavy (non-hydrogen) atoms. The summed E-state index contributed by atoms with van der Waals surface area (Å²) in [6.07, 6.45) is 6.28. The Labute approximate surface area is 189 Å². The first-order chi connectivity index (χ1) is 13.8. The van der Waals surface area contributed by atoms with E-state index in [2.05, 4.69) is 43.9 Å². The van der Waals surface area contributed by atoms with Crippen molar-refractivity contribution in [3.63, 3.8) is 0 Å². The molecule has 3 heterocycles. The molecule has 1 saturated heterocycles. The molecule has 0 amide bonds. The number of anilines is 1. The lowest BCUT2D eigenvalue weighted by atomic mass is 10.2. The van der Waals surface area contributed by atoms with Gasteiger partial charge in [0.2, 0.25) is 11.8 Å². The molecular formula is C20H30IN7O. The third-order valence-corrected chi connectivity index (χ3v) is 4.44. The SMILES string of the molecule is CCCOc1ncccc1CN=C(NCC)N1CCN(c2ncccn2)CC1.I. The van der Waals surface area contributed by atoms with Crippen LogP contribution in [0.4, 0.5) is 5.95 Å². The predicted octanol–water partition coefficient (Wildman–Crippen LogP) is 2.57. The number of piperazine rings is 1. The van der Waals surface area contributed by atoms with Crippen LogP contribution in [0.3, 0.4) is 0 Å². The van der Waals surface area contributed by atoms with Crippen LogP contribution in [0.5, 0.6) is 5.88 Å². The van der Waals surface area contributed by atoms with Crippen molar-refractivity contribution < 1.29 is 4.74 Å². The minimum atomic E-state index is 0. The van der Waals surface area contributed by atoms with Crippen molar-refractivity contribution in [1.29, 1.82) is 0 Å². The number of nitrogens with one attached hydrogen (secondary N) is 1. The molecule has 1 fully saturated rings. The Bertz CT molecular complexity index is 752. The molecule has 8 nitrogen and oxygen atoms in total. The van der Waals surface area contributed by atoms with Crippen LogP contribution >= 0.6 is 24.0 Å². The minimum absolute atomic E-state index is 0. The molecule has 1 N–H and O–H groups in total. The number of nitrogens with zero attached hydrogens (tertiary/aromatic N) is 6. The first-order valence-electron chi connectivity index (χ1n) is 9.93. The van der Waals surface area contributed by atoms with Gasteiger partial charge in [-0.3, -0.25) is 0 Å². The molecule has 0 aliphatic carbocycles. The van der Waals surface area contributed by atoms with Gasteiger partial charge in [-0.05, 0) is 25.5 Å². The smallest absolute Gasteiger partial charge is 0.225 e. The molecule has 0 aromatic carbocycles. The van der Waals surface area contributed by atoms with Crippen molar-refractivity contribution in [2.45, 2.75) is 26.8 Å². The first-order valence-corrected chi connectivity index (χ1v) is 9.93. The summed E-state index contributed by atoms with van der Waals surface area (Å²) in [5, 5.41) is 3.40. The van der Waals surface area contributed by atoms with Gasteiger partial charge in [-0.1, -0.05) is 13.0 Å². The van der Waals surface area contributed by atoms with Crippen LogP contribution in [0.2, 0.25) is 0 Å². The highest BCUT2D eigenvalue weighted by Gasteiger charge is 2.21. The van der Waals surface area contributed by atoms with Crippen LogP contribution in [0.25, 0.3) is 0 Å². The molecule has 2 aromatic rings. The molecule has 1 aliphatic heterocycles. The zero-order chi connectivity index (χ0) is 19.6. The average molecular weight is 511 g/mol. The summed E-state index contributed by atoms with van der Waals surface area (Å²) in [6, 6.07) is 5.79. The van der Waals surface area contributed by atoms with Gasteiger partial charge in [0, 0.05) is 56.9 Å². The van der Waals surface area contributed by atoms with Gasteiger partial charge >= 0.3 is 0 Å². The maximum absolute atomic E-state index is 5.75. The van der Waals surface area contributed by atoms with Gasteiger partial charge in [0.25, 0.3) is 0 Å². The molecule has 0 saturated carbocycles. The molecule has 158 valence electrons. The molecule has 0 bridgehead atoms. The van der Waals surface area contributed by atoms with Crippen molar-refractivity contribution in [2.24, 2.45) is 4.99 Å². The van der Waals surface area contributed by atoms with Crippen molar-refractivity contribution in [3.8, 4) is 5.88 Å². The Morgan fingerprint density at radius 1 is 1.07 bits per heavy atom. The lowest BCUT2D eigenvalue weighted by Crippen LogP contribution is -2.53. The van der Waals surface area contributed by atoms with Crippen LogP contribution in [0, 0.1) is 0 Å². The summed E-state index contributed by atoms with van der Waals surface area (Å²) < 4.78 is 5.75. The normalized spacial score (nSPS) is 14.3. The number of rotatable bonds is 7. The molecule has 1 aliphatic rings. The minimum Gasteiger partial charge on any atom is -0.477 e. The lowest BCUT2D eigenvalue weighted by Gasteiger charge is -2.36. The lowest BCUT2D eigenvalue weighted by molar-refractivity contribution is 0.302. The number of aliphatic imine (C=N–C) groups is 1. The number of guanidine groups is 1. The van der Waals surface area contributed by atoms with Crippen molar-refractivity contribution in [2.75, 3.05) is 44.2 Å². The molecule has 0 atom stereocenters. The highest BCUT2D eigenvalue weighted by molar-refractivity contribution is 14.0. The maximum Gasteiger partial charge on any atom is 0.225 e. The average Bonchev–Trinajstić information content (AvgIpc) is 2.76. The van der Waals surface area contributed by atoms with E-state index in [1.807, 2.05) is 18.2 Å². The summed E-state index contributed by atoms with van der Waals surface area (Å²) in [6.45, 7) is 9.68. The van der Waals surface area contributed by atoms with E-state index in [1.165, 1.54) is 0 Å². The molecule has 0 radical (unpaired) electrons. The van der Waals surface area contributed by atoms with E-state index in [0.717, 1.165) is 56.6 Å². The second kappa shape index (κ2) is 12.4. The van der Waals surface area contributed by atoms with Gasteiger partial charge < -0.3 is 19.9 Å². The highest BCUT2D eigenvalue weighted by atomic mass is 127. The summed E-state index contributed by atoms with van der Waals surface area (Å²) in [5.41, 5.74) is 1.00. The Morgan fingerprint density at radius 2 is 1.79 bits per heavy atom. The number of aromatic nitrogens is 3. The van der Waals surface area contributed by atoms with E-state index >= 15 is 0 Å². The zero-order valence-corrected chi connectivity index (χ0v) is 19.5. The highest BCUT2D eigenvalue weighted by Crippen LogP contribution is 2.16. The summed E-state index contributed by atoms with van der Waals surface area (Å²) in [7, 11) is 0. The molecule has 0 spiro atoms. The summed E-state index contributed by atoms with van der Waals surface area (Å²) in [4.78, 5) is 22.4. The quantitative estimate of drug-likeness (QED) is 0.348. The predicted molar refractivity (Wildman–Crippen MR) is 126 cm³/mol. The van der Waals surface area contributed by atoms with E-state index in [4.69, 9.17) is 9.73 Å². The Morgan fingerprint density at radius 3 is 2.48 bits per heavy atom. The van der Waals surface area contributed by atoms with E-state index < -0.39 is 0 Å². The Balaban J connectivity index is 0.00000300. The van der Waals surface area contributed by atoms with Crippen LogP contribution in [-0.2, 0) is 6.54 Å². The second-order valence-corrected chi connectivity index (χ2v) is 6.51. The number of halogens is 1. The fourth-order valence-corrected chi connectivity index (χ4v) is 3.03. The standard InChI is InChI=1S/C20H29N7O.HI/c1-3-15-28-18-17(7-5-8-22-18)16-25-19(21-4-2)26-11-13-27(14-12-26)20-23-9-6-10-24-20;/h5-10H,3-4,11-16H2,1-2H3,(H,21,25);1H. The van der Waals surface area contributed by atoms with Gasteiger partial charge in [0.05, 0.1) is 13.2 Å². The number of ether oxygens (including phenoxy) is 1. The van der Waals surface area contributed by atoms with Crippen molar-refractivity contribution in [1.82, 2.24) is 25.2 Å². The van der Waals surface area contributed by atoms with Crippen molar-refractivity contribution >= 4 is 35.9 Å². The topological polar surface area (TPSA) is 78.8 Å². The van der Waals surface area contributed by atoms with Gasteiger partial charge in [-0.2, -0.15) is 0 Å². The number of pyridine rings is 1. The van der Waals surface area contributed by atoms with Crippen molar-refractivity contribution in [3.05, 3.63) is 42.4 Å². The summed E-state index contributed by atoms with van der Waals surface area (Å²) in [5.74, 6) is 2.38. The number of hydrogen-bond acceptors (Lipinski definition) is 6. The van der Waals surface area contributed by atoms with E-state index in [-0.39, 0.29) is 24.0 Å². The first kappa shape index (κ1) is 23.1. The Kier molecular flexibility index (Phi) is 9.89. The van der Waals surface area contributed by atoms with Gasteiger partial charge in [-0.25, -0.2) is 19.9 Å². The Hall–Kier alpha value is -2.17. The third kappa shape index (κ3) is 6.69. The molecule has 3 rings (SSSR count). The van der Waals surface area contributed by atoms with Gasteiger partial charge in [0.15, 0.2) is 5.96 Å². The monoisotopic (exact) mass is 511 g/mol. The van der Waals surface area contributed by atoms with E-state index in [9.17, 15) is 0 Å². The van der Waals surface area contributed by atoms with Crippen LogP contribution in [-0.4, -0.2) is 65.1 Å². The van der Waals surface area contributed by atoms with Crippen LogP contribution < -0.4 is 15.0 Å². The second-order valence-electron chi connectivity index (χ2n) is 6.51. The fraction of sp³-hybridized carbons (Fsp3) is 0.500. The number of hydrogen-bond donors (Lipinski definition) is 1. The molecule has 0 unspecified atom stereocenters. The van der Waals surface area contributed by atoms with Gasteiger partial charge in [0.1, 0.15) is 0 Å². The zero-order valence-electron chi connectivity index (χ0n) is 17.1. The molecular weight excluding hydrogens is 481 g/mol. The molecule has 9 heteroatoms. The maximum atomic E-state index is 5.75. The van der Waals surface area contributed by atoms with E-state index in [0.29, 0.717) is 19.0 Å².